The van der Waals surface area contributed by atoms with E-state index >= 15 is 0 Å². The number of aryl methyl sites for hydroxylation is 1. The number of anilines is 2. The Hall–Kier alpha value is -3.79. The van der Waals surface area contributed by atoms with Crippen molar-refractivity contribution in [1.82, 2.24) is 39.2 Å². The molecule has 0 bridgehead atoms. The van der Waals surface area contributed by atoms with E-state index in [9.17, 15) is 4.79 Å². The number of nitrogens with one attached hydrogen (secondary N) is 1. The van der Waals surface area contributed by atoms with Crippen LogP contribution in [0.25, 0.3) is 17.2 Å². The van der Waals surface area contributed by atoms with Crippen molar-refractivity contribution in [2.75, 3.05) is 18.9 Å². The van der Waals surface area contributed by atoms with Crippen molar-refractivity contribution in [1.29, 1.82) is 0 Å². The van der Waals surface area contributed by atoms with Crippen molar-refractivity contribution in [3.05, 3.63) is 60.0 Å². The molecule has 162 valence electrons. The highest BCUT2D eigenvalue weighted by molar-refractivity contribution is 6.32. The molecule has 1 amide bonds. The van der Waals surface area contributed by atoms with Crippen LogP contribution in [0.1, 0.15) is 18.2 Å². The average molecular weight is 450 g/mol. The average Bonchev–Trinajstić information content (AvgIpc) is 3.50. The molecule has 0 aliphatic carbocycles. The second-order valence-electron chi connectivity index (χ2n) is 7.50. The van der Waals surface area contributed by atoms with Gasteiger partial charge in [0.2, 0.25) is 11.9 Å². The summed E-state index contributed by atoms with van der Waals surface area (Å²) in [5, 5.41) is 7.64. The third-order valence-electron chi connectivity index (χ3n) is 5.42. The highest BCUT2D eigenvalue weighted by atomic mass is 35.5. The van der Waals surface area contributed by atoms with Crippen LogP contribution in [-0.2, 0) is 11.8 Å². The summed E-state index contributed by atoms with van der Waals surface area (Å²) in [5.74, 6) is 1.56. The first-order chi connectivity index (χ1) is 15.5. The zero-order valence-corrected chi connectivity index (χ0v) is 18.2. The van der Waals surface area contributed by atoms with Crippen molar-refractivity contribution in [3.63, 3.8) is 0 Å². The largest absolute Gasteiger partial charge is 0.345 e. The minimum atomic E-state index is -0.264. The Labute approximate surface area is 188 Å². The highest BCUT2D eigenvalue weighted by Gasteiger charge is 2.33. The number of pyridine rings is 1. The molecule has 4 aromatic heterocycles. The summed E-state index contributed by atoms with van der Waals surface area (Å²) in [6, 6.07) is 7.44. The number of amides is 1. The van der Waals surface area contributed by atoms with Gasteiger partial charge in [-0.3, -0.25) is 14.0 Å². The van der Waals surface area contributed by atoms with Crippen LogP contribution in [0, 0.1) is 0 Å². The summed E-state index contributed by atoms with van der Waals surface area (Å²) in [4.78, 5) is 32.3. The third kappa shape index (κ3) is 3.58. The van der Waals surface area contributed by atoms with Crippen LogP contribution in [-0.4, -0.2) is 58.7 Å². The first-order valence-electron chi connectivity index (χ1n) is 10.0. The van der Waals surface area contributed by atoms with Gasteiger partial charge in [0.05, 0.1) is 29.2 Å². The monoisotopic (exact) mass is 449 g/mol. The van der Waals surface area contributed by atoms with E-state index in [1.54, 1.807) is 41.3 Å². The summed E-state index contributed by atoms with van der Waals surface area (Å²) in [7, 11) is 3.57. The van der Waals surface area contributed by atoms with Crippen LogP contribution < -0.4 is 5.32 Å². The molecule has 11 heteroatoms. The number of hydrogen-bond acceptors (Lipinski definition) is 7. The molecule has 4 aromatic rings. The lowest BCUT2D eigenvalue weighted by Gasteiger charge is -2.13. The predicted molar refractivity (Wildman–Crippen MR) is 119 cm³/mol. The van der Waals surface area contributed by atoms with Crippen molar-refractivity contribution >= 4 is 29.1 Å². The number of aromatic nitrogens is 7. The van der Waals surface area contributed by atoms with Gasteiger partial charge in [0, 0.05) is 39.2 Å². The van der Waals surface area contributed by atoms with Gasteiger partial charge >= 0.3 is 0 Å². The molecule has 32 heavy (non-hydrogen) atoms. The van der Waals surface area contributed by atoms with E-state index in [1.165, 1.54) is 0 Å². The Balaban J connectivity index is 1.45. The van der Waals surface area contributed by atoms with Gasteiger partial charge in [0.15, 0.2) is 0 Å². The van der Waals surface area contributed by atoms with Gasteiger partial charge in [0.1, 0.15) is 16.8 Å². The molecular formula is C21H20ClN9O. The smallest absolute Gasteiger partial charge is 0.233 e. The Morgan fingerprint density at radius 3 is 2.69 bits per heavy atom. The maximum atomic E-state index is 12.5. The summed E-state index contributed by atoms with van der Waals surface area (Å²) in [5.41, 5.74) is 1.92. The molecule has 1 fully saturated rings. The molecule has 0 unspecified atom stereocenters. The number of likely N-dealkylation sites (N-methyl/N-ethyl adjacent to an activating group) is 1. The lowest BCUT2D eigenvalue weighted by Crippen LogP contribution is -2.23. The van der Waals surface area contributed by atoms with Gasteiger partial charge in [0.25, 0.3) is 0 Å². The van der Waals surface area contributed by atoms with Crippen molar-refractivity contribution in [3.8, 4) is 17.2 Å². The second-order valence-corrected chi connectivity index (χ2v) is 7.86. The normalized spacial score (nSPS) is 16.0. The van der Waals surface area contributed by atoms with Gasteiger partial charge in [-0.2, -0.15) is 5.10 Å². The summed E-state index contributed by atoms with van der Waals surface area (Å²) < 4.78 is 3.41. The van der Waals surface area contributed by atoms with Gasteiger partial charge < -0.3 is 10.2 Å². The molecule has 1 atom stereocenters. The van der Waals surface area contributed by atoms with E-state index in [-0.39, 0.29) is 11.8 Å². The molecule has 0 spiro atoms. The van der Waals surface area contributed by atoms with Crippen molar-refractivity contribution in [2.45, 2.75) is 12.3 Å². The molecule has 0 saturated carbocycles. The minimum Gasteiger partial charge on any atom is -0.345 e. The first kappa shape index (κ1) is 20.1. The molecule has 0 radical (unpaired) electrons. The number of halogens is 1. The SMILES string of the molecule is CN1CC[C@H](c2nccn2-c2cccc(-c3ccnc(Nc4cnn(C)c4Cl)n3)n2)C1=O. The van der Waals surface area contributed by atoms with Crippen molar-refractivity contribution in [2.24, 2.45) is 7.05 Å². The predicted octanol–water partition coefficient (Wildman–Crippen LogP) is 2.80. The minimum absolute atomic E-state index is 0.0779. The van der Waals surface area contributed by atoms with Crippen LogP contribution in [0.15, 0.2) is 49.1 Å². The number of carbonyl (C=O) groups is 1. The van der Waals surface area contributed by atoms with E-state index in [0.717, 1.165) is 13.0 Å². The molecule has 10 nitrogen and oxygen atoms in total. The maximum absolute atomic E-state index is 12.5. The molecule has 1 aliphatic heterocycles. The van der Waals surface area contributed by atoms with Crippen LogP contribution in [0.2, 0.25) is 5.15 Å². The molecule has 1 N–H and O–H groups in total. The van der Waals surface area contributed by atoms with E-state index in [4.69, 9.17) is 16.6 Å². The molecule has 0 aromatic carbocycles. The number of nitrogens with zero attached hydrogens (tertiary/aromatic N) is 8. The standard InChI is InChI=1S/C21H20ClN9O/c1-29-10-7-13(20(29)32)19-23-9-11-31(19)17-5-3-4-14(26-17)15-6-8-24-21(27-15)28-16-12-25-30(2)18(16)22/h3-6,8-9,11-13H,7,10H2,1-2H3,(H,24,27,28)/t13-/m1/s1. The Bertz CT molecular complexity index is 1300. The second kappa shape index (κ2) is 8.04. The fraction of sp³-hybridized carbons (Fsp3) is 0.238. The number of rotatable bonds is 5. The summed E-state index contributed by atoms with van der Waals surface area (Å²) in [6.07, 6.45) is 7.52. The molecule has 1 saturated heterocycles. The van der Waals surface area contributed by atoms with Gasteiger partial charge in [-0.15, -0.1) is 0 Å². The lowest BCUT2D eigenvalue weighted by atomic mass is 10.1. The zero-order valence-electron chi connectivity index (χ0n) is 17.5. The van der Waals surface area contributed by atoms with Gasteiger partial charge in [-0.1, -0.05) is 17.7 Å². The zero-order chi connectivity index (χ0) is 22.2. The topological polar surface area (TPSA) is 107 Å². The number of hydrogen-bond donors (Lipinski definition) is 1. The van der Waals surface area contributed by atoms with E-state index in [1.807, 2.05) is 36.0 Å². The van der Waals surface area contributed by atoms with E-state index in [0.29, 0.717) is 39.8 Å². The molecule has 5 heterocycles. The maximum Gasteiger partial charge on any atom is 0.233 e. The first-order valence-corrected chi connectivity index (χ1v) is 10.4. The summed E-state index contributed by atoms with van der Waals surface area (Å²) >= 11 is 6.22. The number of imidazole rings is 1. The third-order valence-corrected chi connectivity index (χ3v) is 5.87. The molecule has 5 rings (SSSR count). The Morgan fingerprint density at radius 2 is 1.94 bits per heavy atom. The fourth-order valence-electron chi connectivity index (χ4n) is 3.72. The van der Waals surface area contributed by atoms with E-state index < -0.39 is 0 Å². The Morgan fingerprint density at radius 1 is 1.09 bits per heavy atom. The van der Waals surface area contributed by atoms with Crippen LogP contribution in [0.3, 0.4) is 0 Å². The molecule has 1 aliphatic rings. The Kier molecular flexibility index (Phi) is 5.06. The van der Waals surface area contributed by atoms with Crippen LogP contribution >= 0.6 is 11.6 Å². The lowest BCUT2D eigenvalue weighted by molar-refractivity contribution is -0.127. The van der Waals surface area contributed by atoms with Gasteiger partial charge in [-0.25, -0.2) is 19.9 Å². The summed E-state index contributed by atoms with van der Waals surface area (Å²) in [6.45, 7) is 0.724. The van der Waals surface area contributed by atoms with Crippen LogP contribution in [0.5, 0.6) is 0 Å². The number of likely N-dealkylation sites (tertiary alicyclic amines) is 1. The molecular weight excluding hydrogens is 430 g/mol. The quantitative estimate of drug-likeness (QED) is 0.499. The van der Waals surface area contributed by atoms with Crippen molar-refractivity contribution < 1.29 is 4.79 Å². The van der Waals surface area contributed by atoms with Gasteiger partial charge in [-0.05, 0) is 24.6 Å². The number of carbonyl (C=O) groups excluding carboxylic acids is 1. The van der Waals surface area contributed by atoms with E-state index in [2.05, 4.69) is 25.4 Å². The van der Waals surface area contributed by atoms with Crippen LogP contribution in [0.4, 0.5) is 11.6 Å². The fourth-order valence-corrected chi connectivity index (χ4v) is 3.86. The highest BCUT2D eigenvalue weighted by Crippen LogP contribution is 2.29.